The number of halogens is 3. The van der Waals surface area contributed by atoms with Crippen LogP contribution in [0.3, 0.4) is 0 Å². The molecular weight excluding hydrogens is 1040 g/mol. The lowest BCUT2D eigenvalue weighted by molar-refractivity contribution is 0.0523. The summed E-state index contributed by atoms with van der Waals surface area (Å²) < 4.78 is 50.8. The van der Waals surface area contributed by atoms with Crippen molar-refractivity contribution < 1.29 is 37.4 Å². The Kier molecular flexibility index (Phi) is 19.1. The largest absolute Gasteiger partial charge is 0.444 e. The lowest BCUT2D eigenvalue weighted by atomic mass is 10.0. The number of nitrogens with one attached hydrogen (secondary N) is 3. The van der Waals surface area contributed by atoms with Crippen LogP contribution >= 0.6 is 12.4 Å². The van der Waals surface area contributed by atoms with E-state index in [1.54, 1.807) is 68.8 Å². The molecule has 2 aliphatic rings. The average molecular weight is 1110 g/mol. The lowest BCUT2D eigenvalue weighted by Gasteiger charge is -2.20. The van der Waals surface area contributed by atoms with Gasteiger partial charge in [-0.2, -0.15) is 10.2 Å². The molecule has 2 unspecified atom stereocenters. The van der Waals surface area contributed by atoms with Crippen molar-refractivity contribution in [2.24, 2.45) is 17.6 Å². The number of aryl methyl sites for hydroxylation is 2. The molecule has 0 aliphatic heterocycles. The van der Waals surface area contributed by atoms with E-state index in [2.05, 4.69) is 26.1 Å². The Bertz CT molecular complexity index is 3410. The van der Waals surface area contributed by atoms with Crippen LogP contribution in [0.1, 0.15) is 124 Å². The highest BCUT2D eigenvalue weighted by Gasteiger charge is 2.28. The van der Waals surface area contributed by atoms with Gasteiger partial charge in [-0.3, -0.25) is 9.59 Å². The van der Waals surface area contributed by atoms with Crippen LogP contribution in [0.25, 0.3) is 11.4 Å². The summed E-state index contributed by atoms with van der Waals surface area (Å²) in [4.78, 5) is 39.0. The summed E-state index contributed by atoms with van der Waals surface area (Å²) in [7, 11) is 0. The maximum absolute atomic E-state index is 15.0. The van der Waals surface area contributed by atoms with Crippen molar-refractivity contribution >= 4 is 41.7 Å². The number of aromatic nitrogens is 4. The zero-order chi connectivity index (χ0) is 55.6. The molecule has 3 amide bonds. The summed E-state index contributed by atoms with van der Waals surface area (Å²) in [6, 6.07) is 47.2. The quantitative estimate of drug-likeness (QED) is 0.0614. The number of anilines is 2. The first kappa shape index (κ1) is 58.1. The highest BCUT2D eigenvalue weighted by Crippen LogP contribution is 2.36. The van der Waals surface area contributed by atoms with E-state index >= 15 is 4.39 Å². The maximum atomic E-state index is 15.0. The number of nitrogens with two attached hydrogens (primary N) is 1. The second kappa shape index (κ2) is 26.3. The number of carbonyl (C=O) groups excluding carboxylic acids is 3. The molecule has 80 heavy (non-hydrogen) atoms. The van der Waals surface area contributed by atoms with Crippen LogP contribution < -0.4 is 21.7 Å². The van der Waals surface area contributed by atoms with Crippen LogP contribution in [0.4, 0.5) is 25.0 Å². The molecule has 14 nitrogen and oxygen atoms in total. The van der Waals surface area contributed by atoms with Crippen LogP contribution in [0.2, 0.25) is 0 Å². The smallest absolute Gasteiger partial charge is 0.407 e. The SMILES string of the molecule is Cc1cc(C(=O)Nc2cc(C(OCC3CC3)c3ccccc3)ccc2F)n(-c2cccc(CN)c2)n1.Cc1cc(C(=O)Nc2cc(C(OCC3CC3)c3ccccc3)ccc2F)n(-c2cccc(CNC(=O)OC(C)(C)C)c2)n1.Cl. The summed E-state index contributed by atoms with van der Waals surface area (Å²) in [5.74, 6) is -0.903. The highest BCUT2D eigenvalue weighted by molar-refractivity contribution is 6.04. The minimum absolute atomic E-state index is 0. The van der Waals surface area contributed by atoms with E-state index in [-0.39, 0.29) is 48.2 Å². The van der Waals surface area contributed by atoms with E-state index in [4.69, 9.17) is 19.9 Å². The molecule has 0 spiro atoms. The van der Waals surface area contributed by atoms with Crippen LogP contribution in [-0.2, 0) is 27.3 Å². The molecule has 2 atom stereocenters. The number of amides is 3. The fourth-order valence-electron chi connectivity index (χ4n) is 8.85. The van der Waals surface area contributed by atoms with Crippen molar-refractivity contribution in [1.29, 1.82) is 0 Å². The molecule has 5 N–H and O–H groups in total. The van der Waals surface area contributed by atoms with E-state index in [0.717, 1.165) is 46.2 Å². The van der Waals surface area contributed by atoms with Crippen LogP contribution in [0.15, 0.2) is 158 Å². The fraction of sp³-hybridized carbons (Fsp3) is 0.286. The van der Waals surface area contributed by atoms with Crippen molar-refractivity contribution in [3.05, 3.63) is 226 Å². The Morgan fingerprint density at radius 3 is 1.45 bits per heavy atom. The Balaban J connectivity index is 0.000000211. The van der Waals surface area contributed by atoms with E-state index in [9.17, 15) is 18.8 Å². The van der Waals surface area contributed by atoms with E-state index in [0.29, 0.717) is 60.1 Å². The maximum Gasteiger partial charge on any atom is 0.407 e. The number of benzene rings is 6. The molecule has 2 aliphatic carbocycles. The first-order chi connectivity index (χ1) is 38.1. The van der Waals surface area contributed by atoms with Crippen molar-refractivity contribution in [2.45, 2.75) is 91.2 Å². The van der Waals surface area contributed by atoms with Crippen LogP contribution in [0.5, 0.6) is 0 Å². The minimum Gasteiger partial charge on any atom is -0.444 e. The number of nitrogens with zero attached hydrogens (tertiary/aromatic N) is 4. The standard InChI is InChI=1S/C34H37FN4O4.C29H29FN4O2.ClH/c1-22-17-30(39(38-22)27-12-8-9-24(18-27)20-36-33(41)43-34(2,3)4)32(40)37-29-19-26(15-16-28(29)35)31(42-21-23-13-14-23)25-10-6-5-7-11-25;1-19-14-27(34(33-19)24-9-5-6-21(15-24)17-31)29(35)32-26-16-23(12-13-25(26)30)28(36-18-20-10-11-20)22-7-3-2-4-8-22;/h5-12,15-19,23,31H,13-14,20-21H2,1-4H3,(H,36,41)(H,37,40);2-9,12-16,20,28H,10-11,17-18,31H2,1H3,(H,32,35);1H. The van der Waals surface area contributed by atoms with Gasteiger partial charge in [0.15, 0.2) is 0 Å². The summed E-state index contributed by atoms with van der Waals surface area (Å²) in [6.07, 6.45) is 3.40. The van der Waals surface area contributed by atoms with Gasteiger partial charge in [0, 0.05) is 13.1 Å². The number of ether oxygens (including phenoxy) is 3. The average Bonchev–Trinajstić information content (AvgIpc) is 4.39. The molecule has 0 bridgehead atoms. The van der Waals surface area contributed by atoms with Gasteiger partial charge < -0.3 is 35.9 Å². The van der Waals surface area contributed by atoms with Gasteiger partial charge in [-0.05, 0) is 166 Å². The van der Waals surface area contributed by atoms with Gasteiger partial charge in [0.05, 0.1) is 47.4 Å². The molecule has 0 saturated heterocycles. The molecule has 0 radical (unpaired) electrons. The predicted molar refractivity (Wildman–Crippen MR) is 307 cm³/mol. The molecule has 17 heteroatoms. The molecule has 6 aromatic carbocycles. The summed E-state index contributed by atoms with van der Waals surface area (Å²) >= 11 is 0. The van der Waals surface area contributed by atoms with Crippen LogP contribution in [0, 0.1) is 37.3 Å². The van der Waals surface area contributed by atoms with Crippen molar-refractivity contribution in [3.8, 4) is 11.4 Å². The number of hydrogen-bond donors (Lipinski definition) is 4. The van der Waals surface area contributed by atoms with Gasteiger partial charge in [0.25, 0.3) is 11.8 Å². The third-order valence-electron chi connectivity index (χ3n) is 13.2. The van der Waals surface area contributed by atoms with E-state index in [1.807, 2.05) is 116 Å². The molecule has 416 valence electrons. The Morgan fingerprint density at radius 1 is 0.588 bits per heavy atom. The number of alkyl carbamates (subject to hydrolysis) is 1. The topological polar surface area (TPSA) is 177 Å². The molecule has 2 saturated carbocycles. The van der Waals surface area contributed by atoms with Gasteiger partial charge in [-0.15, -0.1) is 12.4 Å². The van der Waals surface area contributed by atoms with Crippen molar-refractivity contribution in [3.63, 3.8) is 0 Å². The molecule has 10 rings (SSSR count). The molecule has 8 aromatic rings. The molecular formula is C63H67ClF2N8O6. The Labute approximate surface area is 471 Å². The van der Waals surface area contributed by atoms with E-state index in [1.165, 1.54) is 29.7 Å². The first-order valence-corrected chi connectivity index (χ1v) is 26.6. The van der Waals surface area contributed by atoms with Crippen molar-refractivity contribution in [2.75, 3.05) is 23.8 Å². The van der Waals surface area contributed by atoms with Gasteiger partial charge in [-0.25, -0.2) is 22.9 Å². The lowest BCUT2D eigenvalue weighted by Crippen LogP contribution is -2.32. The second-order valence-corrected chi connectivity index (χ2v) is 21.1. The van der Waals surface area contributed by atoms with Crippen molar-refractivity contribution in [1.82, 2.24) is 24.9 Å². The second-order valence-electron chi connectivity index (χ2n) is 21.1. The van der Waals surface area contributed by atoms with E-state index < -0.39 is 35.1 Å². The highest BCUT2D eigenvalue weighted by atomic mass is 35.5. The third kappa shape index (κ3) is 15.6. The van der Waals surface area contributed by atoms with Crippen LogP contribution in [-0.4, -0.2) is 56.3 Å². The molecule has 2 fully saturated rings. The number of rotatable bonds is 19. The Hall–Kier alpha value is -8.02. The zero-order valence-electron chi connectivity index (χ0n) is 45.5. The number of hydrogen-bond acceptors (Lipinski definition) is 9. The monoisotopic (exact) mass is 1100 g/mol. The zero-order valence-corrected chi connectivity index (χ0v) is 46.3. The van der Waals surface area contributed by atoms with Gasteiger partial charge in [-0.1, -0.05) is 97.1 Å². The Morgan fingerprint density at radius 2 is 1.02 bits per heavy atom. The summed E-state index contributed by atoms with van der Waals surface area (Å²) in [5, 5.41) is 17.2. The fourth-order valence-corrected chi connectivity index (χ4v) is 8.85. The summed E-state index contributed by atoms with van der Waals surface area (Å²) in [6.45, 7) is 10.9. The third-order valence-corrected chi connectivity index (χ3v) is 13.2. The number of carbonyl (C=O) groups is 3. The predicted octanol–water partition coefficient (Wildman–Crippen LogP) is 13.1. The molecule has 2 aromatic heterocycles. The molecule has 2 heterocycles. The minimum atomic E-state index is -0.605. The summed E-state index contributed by atoms with van der Waals surface area (Å²) in [5.41, 5.74) is 13.7. The van der Waals surface area contributed by atoms with Gasteiger partial charge >= 0.3 is 6.09 Å². The normalized spacial score (nSPS) is 13.7. The van der Waals surface area contributed by atoms with Gasteiger partial charge in [0.2, 0.25) is 0 Å². The van der Waals surface area contributed by atoms with Gasteiger partial charge in [0.1, 0.15) is 40.8 Å². The first-order valence-electron chi connectivity index (χ1n) is 26.6.